The van der Waals surface area contributed by atoms with Crippen molar-refractivity contribution < 1.29 is 60.9 Å². The topological polar surface area (TPSA) is 272 Å². The van der Waals surface area contributed by atoms with E-state index in [0.29, 0.717) is 38.9 Å². The number of carbonyl (C=O) groups excluding carboxylic acids is 6. The van der Waals surface area contributed by atoms with E-state index in [-0.39, 0.29) is 29.7 Å². The molecule has 71 heavy (non-hydrogen) atoms. The Labute approximate surface area is 412 Å². The first-order chi connectivity index (χ1) is 34.1. The number of nitrogens with one attached hydrogen (secondary N) is 2. The number of benzene rings is 5. The maximum atomic E-state index is 15.0. The van der Waals surface area contributed by atoms with Gasteiger partial charge in [-0.1, -0.05) is 109 Å². The third-order valence-electron chi connectivity index (χ3n) is 11.9. The van der Waals surface area contributed by atoms with Crippen LogP contribution < -0.4 is 35.9 Å². The average Bonchev–Trinajstić information content (AvgIpc) is 3.95. The molecule has 3 aliphatic heterocycles. The molecule has 2 unspecified atom stereocenters. The smallest absolute Gasteiger partial charge is 0.366 e. The number of urea groups is 2. The molecule has 8 rings (SSSR count). The van der Waals surface area contributed by atoms with Gasteiger partial charge in [0.05, 0.1) is 27.3 Å². The van der Waals surface area contributed by atoms with E-state index >= 15 is 4.79 Å². The largest absolute Gasteiger partial charge is 0.497 e. The van der Waals surface area contributed by atoms with Gasteiger partial charge in [-0.05, 0) is 64.2 Å². The molecular weight excluding hydrogens is 961 g/mol. The summed E-state index contributed by atoms with van der Waals surface area (Å²) in [7, 11) is -1.88. The van der Waals surface area contributed by atoms with Gasteiger partial charge < -0.3 is 33.9 Å². The number of rotatable bonds is 18. The Hall–Kier alpha value is -7.86. The van der Waals surface area contributed by atoms with Crippen LogP contribution in [0, 0.1) is 0 Å². The Kier molecular flexibility index (Phi) is 14.7. The molecule has 0 bridgehead atoms. The number of nitrogens with two attached hydrogens (primary N) is 2. The number of ether oxygens (including phenoxy) is 5. The van der Waals surface area contributed by atoms with Crippen LogP contribution >= 0.6 is 11.8 Å². The van der Waals surface area contributed by atoms with Crippen LogP contribution in [0.25, 0.3) is 0 Å². The molecule has 0 radical (unpaired) electrons. The monoisotopic (exact) mass is 1010 g/mol. The molecule has 0 aromatic heterocycles. The molecule has 3 heterocycles. The first-order valence-corrected chi connectivity index (χ1v) is 24.2. The summed E-state index contributed by atoms with van der Waals surface area (Å²) in [6.07, 6.45) is -1.04. The number of hydrogen-bond acceptors (Lipinski definition) is 15. The van der Waals surface area contributed by atoms with E-state index in [0.717, 1.165) is 22.2 Å². The SMILES string of the molecule is COc1ccc(COC(=O)C(C(=O)N[C@@H]2C(=O)N3CC(C(=O)OC(c4ccccc4)c4ccccc4)(N4CCN(N(C(=O)NN)S(N)(=O)=O)C4=O)S[C@H]23)c2ccc(OCc3ccc(OC)cc3)cc2)cc1. The van der Waals surface area contributed by atoms with E-state index in [9.17, 15) is 32.4 Å². The summed E-state index contributed by atoms with van der Waals surface area (Å²) in [6.45, 7) is -1.35. The Morgan fingerprint density at radius 2 is 1.31 bits per heavy atom. The van der Waals surface area contributed by atoms with Crippen LogP contribution in [0.5, 0.6) is 17.2 Å². The lowest BCUT2D eigenvalue weighted by atomic mass is 9.96. The lowest BCUT2D eigenvalue weighted by Gasteiger charge is -2.41. The predicted octanol–water partition coefficient (Wildman–Crippen LogP) is 3.28. The van der Waals surface area contributed by atoms with Crippen LogP contribution in [-0.4, -0.2) is 114 Å². The maximum absolute atomic E-state index is 15.0. The zero-order valence-electron chi connectivity index (χ0n) is 38.1. The molecular formula is C48H48N8O13S2. The van der Waals surface area contributed by atoms with Crippen molar-refractivity contribution in [3.05, 3.63) is 161 Å². The number of amides is 6. The van der Waals surface area contributed by atoms with E-state index < -0.39 is 87.4 Å². The van der Waals surface area contributed by atoms with Gasteiger partial charge in [0.1, 0.15) is 41.9 Å². The zero-order chi connectivity index (χ0) is 50.5. The van der Waals surface area contributed by atoms with Gasteiger partial charge >= 0.3 is 34.2 Å². The second kappa shape index (κ2) is 21.0. The van der Waals surface area contributed by atoms with E-state index in [2.05, 4.69) is 5.32 Å². The first kappa shape index (κ1) is 49.6. The molecule has 6 amide bonds. The Morgan fingerprint density at radius 1 is 0.761 bits per heavy atom. The summed E-state index contributed by atoms with van der Waals surface area (Å²) in [6, 6.07) is 33.8. The molecule has 4 atom stereocenters. The molecule has 0 spiro atoms. The van der Waals surface area contributed by atoms with Gasteiger partial charge in [-0.25, -0.2) is 30.4 Å². The van der Waals surface area contributed by atoms with Crippen molar-refractivity contribution in [1.82, 2.24) is 30.0 Å². The third kappa shape index (κ3) is 10.4. The maximum Gasteiger partial charge on any atom is 0.366 e. The van der Waals surface area contributed by atoms with Crippen molar-refractivity contribution in [2.45, 2.75) is 41.5 Å². The Balaban J connectivity index is 1.08. The molecule has 3 fully saturated rings. The summed E-state index contributed by atoms with van der Waals surface area (Å²) >= 11 is 0.792. The van der Waals surface area contributed by atoms with Crippen LogP contribution in [0.2, 0.25) is 0 Å². The number of nitrogens with zero attached hydrogens (tertiary/aromatic N) is 4. The lowest BCUT2D eigenvalue weighted by molar-refractivity contribution is -0.159. The minimum absolute atomic E-state index is 0.0682. The summed E-state index contributed by atoms with van der Waals surface area (Å²) in [5, 5.41) is 7.50. The number of thioether (sulfide) groups is 1. The molecule has 0 aliphatic carbocycles. The number of β-lactam (4-membered cyclic amide) rings is 1. The normalized spacial score (nSPS) is 18.7. The zero-order valence-corrected chi connectivity index (χ0v) is 39.7. The number of hydrogen-bond donors (Lipinski definition) is 4. The average molecular weight is 1010 g/mol. The summed E-state index contributed by atoms with van der Waals surface area (Å²) < 4.78 is 53.7. The molecule has 21 nitrogen and oxygen atoms in total. The lowest BCUT2D eigenvalue weighted by Crippen LogP contribution is -2.68. The van der Waals surface area contributed by atoms with Gasteiger partial charge in [0.2, 0.25) is 16.7 Å². The molecule has 6 N–H and O–H groups in total. The van der Waals surface area contributed by atoms with Crippen molar-refractivity contribution in [3.63, 3.8) is 0 Å². The van der Waals surface area contributed by atoms with E-state index in [1.165, 1.54) is 24.1 Å². The van der Waals surface area contributed by atoms with Crippen LogP contribution in [0.15, 0.2) is 133 Å². The van der Waals surface area contributed by atoms with Gasteiger partial charge in [0, 0.05) is 6.54 Å². The summed E-state index contributed by atoms with van der Waals surface area (Å²) in [5.74, 6) is 1.80. The second-order valence-corrected chi connectivity index (χ2v) is 19.0. The first-order valence-electron chi connectivity index (χ1n) is 21.8. The third-order valence-corrected chi connectivity index (χ3v) is 14.4. The molecule has 370 valence electrons. The Morgan fingerprint density at radius 3 is 1.85 bits per heavy atom. The number of fused-ring (bicyclic) bond motifs is 1. The minimum atomic E-state index is -4.96. The Bertz CT molecular complexity index is 2850. The van der Waals surface area contributed by atoms with Crippen LogP contribution in [0.3, 0.4) is 0 Å². The highest BCUT2D eigenvalue weighted by atomic mass is 32.2. The number of esters is 2. The van der Waals surface area contributed by atoms with Gasteiger partial charge in [-0.15, -0.1) is 4.41 Å². The van der Waals surface area contributed by atoms with E-state index in [1.54, 1.807) is 122 Å². The minimum Gasteiger partial charge on any atom is -0.497 e. The van der Waals surface area contributed by atoms with Gasteiger partial charge in [0.15, 0.2) is 12.0 Å². The quantitative estimate of drug-likeness (QED) is 0.0245. The highest BCUT2D eigenvalue weighted by Crippen LogP contribution is 2.51. The van der Waals surface area contributed by atoms with E-state index in [1.807, 2.05) is 12.1 Å². The van der Waals surface area contributed by atoms with Gasteiger partial charge in [-0.3, -0.25) is 24.7 Å². The summed E-state index contributed by atoms with van der Waals surface area (Å²) in [4.78, 5) is 85.0. The van der Waals surface area contributed by atoms with Crippen molar-refractivity contribution in [2.24, 2.45) is 11.0 Å². The van der Waals surface area contributed by atoms with Crippen LogP contribution in [0.4, 0.5) is 9.59 Å². The van der Waals surface area contributed by atoms with Crippen molar-refractivity contribution in [3.8, 4) is 17.2 Å². The van der Waals surface area contributed by atoms with Crippen LogP contribution in [0.1, 0.15) is 39.8 Å². The summed E-state index contributed by atoms with van der Waals surface area (Å²) in [5.41, 5.74) is 4.43. The van der Waals surface area contributed by atoms with Crippen LogP contribution in [-0.2, 0) is 52.1 Å². The fraction of sp³-hybridized carbons (Fsp3) is 0.250. The van der Waals surface area contributed by atoms with Gasteiger partial charge in [-0.2, -0.15) is 8.42 Å². The fourth-order valence-electron chi connectivity index (χ4n) is 8.26. The number of carbonyl (C=O) groups is 6. The number of hydrazine groups is 2. The number of methoxy groups -OCH3 is 2. The van der Waals surface area contributed by atoms with E-state index in [4.69, 9.17) is 34.7 Å². The van der Waals surface area contributed by atoms with Crippen molar-refractivity contribution >= 4 is 57.8 Å². The molecule has 0 saturated carbocycles. The van der Waals surface area contributed by atoms with Gasteiger partial charge in [0.25, 0.3) is 0 Å². The molecule has 5 aromatic carbocycles. The fourth-order valence-corrected chi connectivity index (χ4v) is 10.7. The highest BCUT2D eigenvalue weighted by molar-refractivity contribution is 8.02. The van der Waals surface area contributed by atoms with Crippen molar-refractivity contribution in [1.29, 1.82) is 0 Å². The molecule has 3 saturated heterocycles. The standard InChI is InChI=1S/C48H48N8O13S2/c1-65-35-19-13-30(14-20-35)27-67-37-23-17-32(18-24-37)38(44(59)68-28-31-15-21-36(66-2)22-16-31)41(57)51-39-42(58)53-29-48(70-43(39)53,54-25-26-55(47(54)62)56(46(61)52-49)71(50,63)64)45(60)69-40(33-9-5-3-6-10-33)34-11-7-4-8-12-34/h3-24,38-40,43H,25-29,49H2,1-2H3,(H,51,57)(H,52,61)(H2,50,63,64)/t38?,39-,43-,48?/m1/s1. The molecule has 23 heteroatoms. The predicted molar refractivity (Wildman–Crippen MR) is 254 cm³/mol. The van der Waals surface area contributed by atoms with Crippen molar-refractivity contribution in [2.75, 3.05) is 33.9 Å². The molecule has 3 aliphatic rings. The second-order valence-electron chi connectivity index (χ2n) is 16.2. The molecule has 5 aromatic rings. The highest BCUT2D eigenvalue weighted by Gasteiger charge is 2.67.